The lowest BCUT2D eigenvalue weighted by Gasteiger charge is -2.09. The van der Waals surface area contributed by atoms with Crippen molar-refractivity contribution in [2.75, 3.05) is 12.4 Å². The fourth-order valence-electron chi connectivity index (χ4n) is 1.86. The van der Waals surface area contributed by atoms with E-state index < -0.39 is 0 Å². The third-order valence-electron chi connectivity index (χ3n) is 2.88. The number of hydrogen-bond donors (Lipinski definition) is 2. The zero-order valence-electron chi connectivity index (χ0n) is 11.9. The molecule has 1 amide bonds. The molecule has 0 saturated heterocycles. The van der Waals surface area contributed by atoms with E-state index in [1.165, 1.54) is 13.2 Å². The molecular weight excluding hydrogens is 270 g/mol. The number of benzene rings is 1. The Bertz CT molecular complexity index is 658. The molecule has 110 valence electrons. The molecule has 5 heteroatoms. The quantitative estimate of drug-likeness (QED) is 0.829. The lowest BCUT2D eigenvalue weighted by molar-refractivity contribution is -0.111. The molecule has 5 nitrogen and oxygen atoms in total. The number of anilines is 1. The Morgan fingerprint density at radius 1 is 1.38 bits per heavy atom. The normalized spacial score (nSPS) is 10.8. The molecule has 21 heavy (non-hydrogen) atoms. The van der Waals surface area contributed by atoms with Gasteiger partial charge in [-0.15, -0.1) is 0 Å². The largest absolute Gasteiger partial charge is 0.496 e. The zero-order valence-corrected chi connectivity index (χ0v) is 11.9. The van der Waals surface area contributed by atoms with Crippen LogP contribution in [0.15, 0.2) is 40.8 Å². The van der Waals surface area contributed by atoms with Crippen LogP contribution in [0.2, 0.25) is 0 Å². The summed E-state index contributed by atoms with van der Waals surface area (Å²) in [7, 11) is 1.53. The van der Waals surface area contributed by atoms with Gasteiger partial charge in [0.05, 0.1) is 13.7 Å². The molecule has 0 aliphatic rings. The fraction of sp³-hybridized carbons (Fsp3) is 0.188. The number of aryl methyl sites for hydroxylation is 1. The average Bonchev–Trinajstić information content (AvgIpc) is 2.90. The summed E-state index contributed by atoms with van der Waals surface area (Å²) in [6.07, 6.45) is 2.99. The minimum absolute atomic E-state index is 0.158. The minimum Gasteiger partial charge on any atom is -0.496 e. The SMILES string of the molecule is COc1ccc(NC(=O)C=Cc2ccc(C)o2)cc1CO. The monoisotopic (exact) mass is 287 g/mol. The van der Waals surface area contributed by atoms with Crippen LogP contribution in [0.5, 0.6) is 5.75 Å². The van der Waals surface area contributed by atoms with Gasteiger partial charge in [-0.1, -0.05) is 0 Å². The summed E-state index contributed by atoms with van der Waals surface area (Å²) in [5, 5.41) is 12.0. The highest BCUT2D eigenvalue weighted by atomic mass is 16.5. The van der Waals surface area contributed by atoms with E-state index in [1.807, 2.05) is 13.0 Å². The minimum atomic E-state index is -0.280. The van der Waals surface area contributed by atoms with Crippen molar-refractivity contribution in [2.24, 2.45) is 0 Å². The number of hydrogen-bond acceptors (Lipinski definition) is 4. The van der Waals surface area contributed by atoms with Crippen LogP contribution in [0.25, 0.3) is 6.08 Å². The predicted molar refractivity (Wildman–Crippen MR) is 80.0 cm³/mol. The summed E-state index contributed by atoms with van der Waals surface area (Å²) in [6.45, 7) is 1.68. The highest BCUT2D eigenvalue weighted by Crippen LogP contribution is 2.22. The van der Waals surface area contributed by atoms with Gasteiger partial charge in [0.1, 0.15) is 17.3 Å². The van der Waals surface area contributed by atoms with E-state index in [9.17, 15) is 9.90 Å². The summed E-state index contributed by atoms with van der Waals surface area (Å²) in [6, 6.07) is 8.69. The maximum atomic E-state index is 11.8. The van der Waals surface area contributed by atoms with E-state index in [2.05, 4.69) is 5.32 Å². The van der Waals surface area contributed by atoms with Crippen molar-refractivity contribution in [3.63, 3.8) is 0 Å². The topological polar surface area (TPSA) is 71.7 Å². The molecule has 0 saturated carbocycles. The van der Waals surface area contributed by atoms with Crippen LogP contribution < -0.4 is 10.1 Å². The second-order valence-corrected chi connectivity index (χ2v) is 4.46. The molecule has 0 fully saturated rings. The molecule has 1 heterocycles. The van der Waals surface area contributed by atoms with Crippen LogP contribution in [-0.2, 0) is 11.4 Å². The van der Waals surface area contributed by atoms with Crippen LogP contribution in [0.1, 0.15) is 17.1 Å². The number of rotatable bonds is 5. The standard InChI is InChI=1S/C16H17NO4/c1-11-3-5-14(21-11)6-8-16(19)17-13-4-7-15(20-2)12(9-13)10-18/h3-9,18H,10H2,1-2H3,(H,17,19). The smallest absolute Gasteiger partial charge is 0.248 e. The molecule has 1 aromatic heterocycles. The second-order valence-electron chi connectivity index (χ2n) is 4.46. The molecule has 1 aromatic carbocycles. The third kappa shape index (κ3) is 3.97. The van der Waals surface area contributed by atoms with Crippen LogP contribution in [0.4, 0.5) is 5.69 Å². The lowest BCUT2D eigenvalue weighted by atomic mass is 10.2. The van der Waals surface area contributed by atoms with Gasteiger partial charge in [-0.3, -0.25) is 4.79 Å². The zero-order chi connectivity index (χ0) is 15.2. The van der Waals surface area contributed by atoms with Gasteiger partial charge < -0.3 is 19.6 Å². The summed E-state index contributed by atoms with van der Waals surface area (Å²) in [4.78, 5) is 11.8. The van der Waals surface area contributed by atoms with Gasteiger partial charge >= 0.3 is 0 Å². The molecular formula is C16H17NO4. The van der Waals surface area contributed by atoms with Gasteiger partial charge in [-0.05, 0) is 43.3 Å². The Morgan fingerprint density at radius 2 is 2.19 bits per heavy atom. The van der Waals surface area contributed by atoms with E-state index in [-0.39, 0.29) is 12.5 Å². The van der Waals surface area contributed by atoms with E-state index >= 15 is 0 Å². The second kappa shape index (κ2) is 6.76. The van der Waals surface area contributed by atoms with Crippen molar-refractivity contribution in [1.82, 2.24) is 0 Å². The van der Waals surface area contributed by atoms with Crippen molar-refractivity contribution in [1.29, 1.82) is 0 Å². The Morgan fingerprint density at radius 3 is 2.81 bits per heavy atom. The Balaban J connectivity index is 2.04. The Labute approximate surface area is 122 Å². The number of aliphatic hydroxyl groups excluding tert-OH is 1. The number of methoxy groups -OCH3 is 1. The first kappa shape index (κ1) is 14.9. The van der Waals surface area contributed by atoms with Gasteiger partial charge in [-0.2, -0.15) is 0 Å². The van der Waals surface area contributed by atoms with Gasteiger partial charge in [0.2, 0.25) is 5.91 Å². The van der Waals surface area contributed by atoms with Crippen LogP contribution >= 0.6 is 0 Å². The third-order valence-corrected chi connectivity index (χ3v) is 2.88. The number of carbonyl (C=O) groups is 1. The van der Waals surface area contributed by atoms with E-state index in [4.69, 9.17) is 9.15 Å². The lowest BCUT2D eigenvalue weighted by Crippen LogP contribution is -2.08. The molecule has 2 N–H and O–H groups in total. The fourth-order valence-corrected chi connectivity index (χ4v) is 1.86. The number of ether oxygens (including phenoxy) is 1. The summed E-state index contributed by atoms with van der Waals surface area (Å²) in [5.41, 5.74) is 1.20. The van der Waals surface area contributed by atoms with Gasteiger partial charge in [0.15, 0.2) is 0 Å². The van der Waals surface area contributed by atoms with E-state index in [0.717, 1.165) is 5.76 Å². The number of nitrogens with one attached hydrogen (secondary N) is 1. The molecule has 0 aliphatic heterocycles. The summed E-state index contributed by atoms with van der Waals surface area (Å²) < 4.78 is 10.4. The molecule has 0 bridgehead atoms. The first-order valence-electron chi connectivity index (χ1n) is 6.45. The first-order chi connectivity index (χ1) is 10.1. The average molecular weight is 287 g/mol. The maximum absolute atomic E-state index is 11.8. The highest BCUT2D eigenvalue weighted by molar-refractivity contribution is 6.01. The molecule has 2 aromatic rings. The number of aliphatic hydroxyl groups is 1. The molecule has 0 atom stereocenters. The van der Waals surface area contributed by atoms with Crippen LogP contribution in [-0.4, -0.2) is 18.1 Å². The van der Waals surface area contributed by atoms with Gasteiger partial charge in [0.25, 0.3) is 0 Å². The predicted octanol–water partition coefficient (Wildman–Crippen LogP) is 2.74. The van der Waals surface area contributed by atoms with Crippen LogP contribution in [0.3, 0.4) is 0 Å². The highest BCUT2D eigenvalue weighted by Gasteiger charge is 2.05. The van der Waals surface area contributed by atoms with Crippen molar-refractivity contribution in [2.45, 2.75) is 13.5 Å². The molecule has 0 unspecified atom stereocenters. The first-order valence-corrected chi connectivity index (χ1v) is 6.45. The van der Waals surface area contributed by atoms with Gasteiger partial charge in [-0.25, -0.2) is 0 Å². The van der Waals surface area contributed by atoms with Crippen LogP contribution in [0, 0.1) is 6.92 Å². The maximum Gasteiger partial charge on any atom is 0.248 e. The number of amides is 1. The summed E-state index contributed by atoms with van der Waals surface area (Å²) in [5.74, 6) is 1.71. The molecule has 2 rings (SSSR count). The van der Waals surface area contributed by atoms with E-state index in [0.29, 0.717) is 22.8 Å². The Hall–Kier alpha value is -2.53. The van der Waals surface area contributed by atoms with Crippen molar-refractivity contribution in [3.8, 4) is 5.75 Å². The molecule has 0 aliphatic carbocycles. The number of furan rings is 1. The summed E-state index contributed by atoms with van der Waals surface area (Å²) >= 11 is 0. The van der Waals surface area contributed by atoms with E-state index in [1.54, 1.807) is 30.3 Å². The van der Waals surface area contributed by atoms with Crippen molar-refractivity contribution < 1.29 is 19.1 Å². The van der Waals surface area contributed by atoms with Gasteiger partial charge in [0, 0.05) is 17.3 Å². The van der Waals surface area contributed by atoms with Crippen molar-refractivity contribution >= 4 is 17.7 Å². The Kier molecular flexibility index (Phi) is 4.79. The molecule has 0 radical (unpaired) electrons. The number of carbonyl (C=O) groups excluding carboxylic acids is 1. The molecule has 0 spiro atoms. The van der Waals surface area contributed by atoms with Crippen molar-refractivity contribution in [3.05, 3.63) is 53.5 Å².